The highest BCUT2D eigenvalue weighted by atomic mass is 127. The quantitative estimate of drug-likeness (QED) is 0.212. The number of methoxy groups -OCH3 is 2. The van der Waals surface area contributed by atoms with Crippen molar-refractivity contribution in [1.29, 1.82) is 0 Å². The Balaban J connectivity index is 0.00000441. The molecule has 1 saturated heterocycles. The van der Waals surface area contributed by atoms with E-state index in [-0.39, 0.29) is 35.9 Å². The molecule has 22 heavy (non-hydrogen) atoms. The van der Waals surface area contributed by atoms with Crippen molar-refractivity contribution < 1.29 is 19.0 Å². The van der Waals surface area contributed by atoms with Gasteiger partial charge in [-0.2, -0.15) is 0 Å². The van der Waals surface area contributed by atoms with E-state index >= 15 is 0 Å². The van der Waals surface area contributed by atoms with Crippen molar-refractivity contribution in [2.45, 2.75) is 12.8 Å². The van der Waals surface area contributed by atoms with E-state index in [0.717, 1.165) is 31.9 Å². The van der Waals surface area contributed by atoms with Crippen LogP contribution in [0.5, 0.6) is 0 Å². The topological polar surface area (TPSA) is 72.4 Å². The van der Waals surface area contributed by atoms with Crippen LogP contribution in [-0.4, -0.2) is 77.6 Å². The Bertz CT molecular complexity index is 334. The lowest BCUT2D eigenvalue weighted by Crippen LogP contribution is -2.47. The number of rotatable bonds is 7. The Morgan fingerprint density at radius 2 is 1.91 bits per heavy atom. The summed E-state index contributed by atoms with van der Waals surface area (Å²) in [6.45, 7) is 4.14. The molecule has 0 saturated carbocycles. The van der Waals surface area contributed by atoms with Gasteiger partial charge in [-0.3, -0.25) is 9.79 Å². The largest absolute Gasteiger partial charge is 0.469 e. The Labute approximate surface area is 149 Å². The highest BCUT2D eigenvalue weighted by Crippen LogP contribution is 2.18. The summed E-state index contributed by atoms with van der Waals surface area (Å²) in [4.78, 5) is 17.9. The van der Waals surface area contributed by atoms with Crippen molar-refractivity contribution in [3.63, 3.8) is 0 Å². The number of nitrogens with one attached hydrogen (secondary N) is 1. The summed E-state index contributed by atoms with van der Waals surface area (Å²) in [5.41, 5.74) is 0. The third-order valence-electron chi connectivity index (χ3n) is 3.50. The molecule has 0 aromatic carbocycles. The van der Waals surface area contributed by atoms with Gasteiger partial charge in [0, 0.05) is 33.8 Å². The highest BCUT2D eigenvalue weighted by Gasteiger charge is 2.26. The molecular formula is C14H28IN3O4. The number of likely N-dealkylation sites (tertiary alicyclic amines) is 1. The van der Waals surface area contributed by atoms with E-state index in [0.29, 0.717) is 26.4 Å². The van der Waals surface area contributed by atoms with Crippen LogP contribution in [0.4, 0.5) is 0 Å². The second kappa shape index (κ2) is 12.9. The highest BCUT2D eigenvalue weighted by molar-refractivity contribution is 14.0. The molecule has 7 nitrogen and oxygen atoms in total. The fourth-order valence-corrected chi connectivity index (χ4v) is 2.31. The number of hydrogen-bond donors (Lipinski definition) is 1. The molecule has 8 heteroatoms. The SMILES string of the molecule is CN=C(NCCOCCOC)N1CCC(C(=O)OC)CC1.I. The normalized spacial score (nSPS) is 16.1. The number of aliphatic imine (C=N–C) groups is 1. The monoisotopic (exact) mass is 429 g/mol. The van der Waals surface area contributed by atoms with Gasteiger partial charge in [0.15, 0.2) is 5.96 Å². The second-order valence-corrected chi connectivity index (χ2v) is 4.86. The first-order chi connectivity index (χ1) is 10.2. The molecule has 1 aliphatic heterocycles. The van der Waals surface area contributed by atoms with Crippen LogP contribution in [0.25, 0.3) is 0 Å². The van der Waals surface area contributed by atoms with Crippen molar-refractivity contribution in [3.8, 4) is 0 Å². The van der Waals surface area contributed by atoms with Gasteiger partial charge in [0.2, 0.25) is 0 Å². The fourth-order valence-electron chi connectivity index (χ4n) is 2.31. The molecule has 0 bridgehead atoms. The third kappa shape index (κ3) is 7.59. The summed E-state index contributed by atoms with van der Waals surface area (Å²) in [7, 11) is 4.86. The van der Waals surface area contributed by atoms with Crippen LogP contribution in [0.1, 0.15) is 12.8 Å². The summed E-state index contributed by atoms with van der Waals surface area (Å²) in [5.74, 6) is 0.763. The summed E-state index contributed by atoms with van der Waals surface area (Å²) in [6, 6.07) is 0. The van der Waals surface area contributed by atoms with Crippen molar-refractivity contribution in [1.82, 2.24) is 10.2 Å². The minimum absolute atomic E-state index is 0. The van der Waals surface area contributed by atoms with Gasteiger partial charge in [0.05, 0.1) is 32.8 Å². The molecule has 0 atom stereocenters. The first kappa shape index (κ1) is 21.4. The Morgan fingerprint density at radius 3 is 2.45 bits per heavy atom. The predicted octanol–water partition coefficient (Wildman–Crippen LogP) is 0.728. The molecule has 1 N–H and O–H groups in total. The zero-order valence-electron chi connectivity index (χ0n) is 13.7. The van der Waals surface area contributed by atoms with Gasteiger partial charge < -0.3 is 24.4 Å². The zero-order chi connectivity index (χ0) is 15.5. The van der Waals surface area contributed by atoms with Gasteiger partial charge in [0.25, 0.3) is 0 Å². The number of esters is 1. The lowest BCUT2D eigenvalue weighted by atomic mass is 9.97. The maximum atomic E-state index is 11.5. The number of piperidine rings is 1. The van der Waals surface area contributed by atoms with Gasteiger partial charge in [-0.25, -0.2) is 0 Å². The van der Waals surface area contributed by atoms with E-state index in [1.165, 1.54) is 7.11 Å². The van der Waals surface area contributed by atoms with Gasteiger partial charge >= 0.3 is 5.97 Å². The third-order valence-corrected chi connectivity index (χ3v) is 3.50. The number of halogens is 1. The van der Waals surface area contributed by atoms with Gasteiger partial charge in [-0.05, 0) is 12.8 Å². The predicted molar refractivity (Wildman–Crippen MR) is 95.8 cm³/mol. The number of hydrogen-bond acceptors (Lipinski definition) is 5. The van der Waals surface area contributed by atoms with Gasteiger partial charge in [-0.15, -0.1) is 24.0 Å². The minimum Gasteiger partial charge on any atom is -0.469 e. The first-order valence-corrected chi connectivity index (χ1v) is 7.33. The minimum atomic E-state index is -0.107. The Hall–Kier alpha value is -0.610. The zero-order valence-corrected chi connectivity index (χ0v) is 16.0. The van der Waals surface area contributed by atoms with Crippen LogP contribution in [0.2, 0.25) is 0 Å². The maximum absolute atomic E-state index is 11.5. The summed E-state index contributed by atoms with van der Waals surface area (Å²) in [6.07, 6.45) is 1.61. The summed E-state index contributed by atoms with van der Waals surface area (Å²) < 4.78 is 15.1. The average Bonchev–Trinajstić information content (AvgIpc) is 2.54. The Kier molecular flexibility index (Phi) is 12.5. The average molecular weight is 429 g/mol. The van der Waals surface area contributed by atoms with Crippen LogP contribution in [0.3, 0.4) is 0 Å². The molecule has 1 rings (SSSR count). The van der Waals surface area contributed by atoms with Crippen molar-refractivity contribution >= 4 is 35.9 Å². The molecule has 130 valence electrons. The van der Waals surface area contributed by atoms with Crippen molar-refractivity contribution in [3.05, 3.63) is 0 Å². The molecule has 0 radical (unpaired) electrons. The van der Waals surface area contributed by atoms with Gasteiger partial charge in [-0.1, -0.05) is 0 Å². The molecule has 0 aliphatic carbocycles. The van der Waals surface area contributed by atoms with E-state index in [9.17, 15) is 4.79 Å². The van der Waals surface area contributed by atoms with E-state index in [1.54, 1.807) is 14.2 Å². The van der Waals surface area contributed by atoms with Gasteiger partial charge in [0.1, 0.15) is 0 Å². The first-order valence-electron chi connectivity index (χ1n) is 7.33. The van der Waals surface area contributed by atoms with Crippen LogP contribution < -0.4 is 5.32 Å². The van der Waals surface area contributed by atoms with Crippen LogP contribution in [-0.2, 0) is 19.0 Å². The number of nitrogens with zero attached hydrogens (tertiary/aromatic N) is 2. The van der Waals surface area contributed by atoms with Crippen LogP contribution in [0, 0.1) is 5.92 Å². The van der Waals surface area contributed by atoms with Crippen molar-refractivity contribution in [2.24, 2.45) is 10.9 Å². The molecule has 0 unspecified atom stereocenters. The maximum Gasteiger partial charge on any atom is 0.308 e. The Morgan fingerprint density at radius 1 is 1.23 bits per heavy atom. The molecule has 1 fully saturated rings. The number of carbonyl (C=O) groups is 1. The molecule has 0 spiro atoms. The van der Waals surface area contributed by atoms with Crippen LogP contribution >= 0.6 is 24.0 Å². The molecule has 1 aliphatic rings. The molecule has 0 aromatic heterocycles. The van der Waals surface area contributed by atoms with Crippen molar-refractivity contribution in [2.75, 3.05) is 60.7 Å². The molecule has 1 heterocycles. The van der Waals surface area contributed by atoms with E-state index in [4.69, 9.17) is 14.2 Å². The van der Waals surface area contributed by atoms with E-state index in [1.807, 2.05) is 0 Å². The second-order valence-electron chi connectivity index (χ2n) is 4.86. The molecule has 0 amide bonds. The standard InChI is InChI=1S/C14H27N3O4.HI/c1-15-14(16-6-9-21-11-10-19-2)17-7-4-12(5-8-17)13(18)20-3;/h12H,4-11H2,1-3H3,(H,15,16);1H. The smallest absolute Gasteiger partial charge is 0.308 e. The van der Waals surface area contributed by atoms with E-state index < -0.39 is 0 Å². The number of ether oxygens (including phenoxy) is 3. The molecular weight excluding hydrogens is 401 g/mol. The molecule has 0 aromatic rings. The van der Waals surface area contributed by atoms with E-state index in [2.05, 4.69) is 15.2 Å². The number of guanidine groups is 1. The summed E-state index contributed by atoms with van der Waals surface area (Å²) in [5, 5.41) is 3.27. The number of carbonyl (C=O) groups excluding carboxylic acids is 1. The summed E-state index contributed by atoms with van der Waals surface area (Å²) >= 11 is 0. The van der Waals surface area contributed by atoms with Crippen LogP contribution in [0.15, 0.2) is 4.99 Å². The lowest BCUT2D eigenvalue weighted by Gasteiger charge is -2.33. The fraction of sp³-hybridized carbons (Fsp3) is 0.857. The lowest BCUT2D eigenvalue weighted by molar-refractivity contribution is -0.146.